The van der Waals surface area contributed by atoms with Gasteiger partial charge in [0.05, 0.1) is 11.9 Å². The first kappa shape index (κ1) is 16.9. The molecule has 1 fully saturated rings. The topological polar surface area (TPSA) is 157 Å². The van der Waals surface area contributed by atoms with E-state index in [1.54, 1.807) is 0 Å². The zero-order valence-electron chi connectivity index (χ0n) is 12.7. The van der Waals surface area contributed by atoms with Crippen LogP contribution in [0.15, 0.2) is 11.5 Å². The molecule has 0 bridgehead atoms. The van der Waals surface area contributed by atoms with Gasteiger partial charge in [0.1, 0.15) is 18.5 Å². The number of aliphatic hydroxyl groups excluding tert-OH is 2. The van der Waals surface area contributed by atoms with Crippen LogP contribution in [0.1, 0.15) is 19.6 Å². The molecule has 130 valence electrons. The highest BCUT2D eigenvalue weighted by atomic mass is 32.2. The first-order valence-electron chi connectivity index (χ1n) is 7.28. The number of carboxylic acid groups (broad SMARTS) is 1. The quantitative estimate of drug-likeness (QED) is 0.521. The number of fused-ring (bicyclic) bond motifs is 1. The van der Waals surface area contributed by atoms with E-state index in [-0.39, 0.29) is 22.2 Å². The van der Waals surface area contributed by atoms with Crippen LogP contribution in [0.5, 0.6) is 0 Å². The number of carboxylic acids is 1. The number of imidazole rings is 1. The third-order valence-electron chi connectivity index (χ3n) is 3.79. The zero-order valence-corrected chi connectivity index (χ0v) is 13.6. The highest BCUT2D eigenvalue weighted by Crippen LogP contribution is 2.37. The molecule has 4 atom stereocenters. The highest BCUT2D eigenvalue weighted by Gasteiger charge is 2.44. The maximum Gasteiger partial charge on any atom is 0.313 e. The third kappa shape index (κ3) is 2.79. The number of hydrogen-bond acceptors (Lipinski definition) is 9. The molecule has 0 aliphatic carbocycles. The number of carbonyl (C=O) groups is 1. The summed E-state index contributed by atoms with van der Waals surface area (Å²) in [5, 5.41) is 29.6. The summed E-state index contributed by atoms with van der Waals surface area (Å²) in [4.78, 5) is 23.1. The molecule has 0 aromatic carbocycles. The summed E-state index contributed by atoms with van der Waals surface area (Å²) in [6.45, 7) is 1.83. The smallest absolute Gasteiger partial charge is 0.313 e. The van der Waals surface area contributed by atoms with Crippen molar-refractivity contribution in [2.75, 3.05) is 11.5 Å². The second-order valence-electron chi connectivity index (χ2n) is 5.33. The largest absolute Gasteiger partial charge is 0.481 e. The minimum absolute atomic E-state index is 0.135. The predicted octanol–water partition coefficient (Wildman–Crippen LogP) is -0.386. The van der Waals surface area contributed by atoms with Gasteiger partial charge >= 0.3 is 5.97 Å². The standard InChI is InChI=1S/C13H17N5O5S/c1-2-5-8(21)9(22)12(23-5)18-11-7(10(14)15-4-16-11)17-13(18)24-3-6(19)20/h4-5,8-9,12,21-22H,2-3H2,1H3,(H,19,20)(H2,14,15,16)/t5-,8?,9?,12-/m1/s1. The van der Waals surface area contributed by atoms with Crippen LogP contribution in [0, 0.1) is 0 Å². The average molecular weight is 355 g/mol. The molecule has 24 heavy (non-hydrogen) atoms. The van der Waals surface area contributed by atoms with E-state index in [1.807, 2.05) is 6.92 Å². The van der Waals surface area contributed by atoms with E-state index in [1.165, 1.54) is 10.9 Å². The van der Waals surface area contributed by atoms with Crippen LogP contribution >= 0.6 is 11.8 Å². The number of aromatic nitrogens is 4. The number of aliphatic carboxylic acids is 1. The number of ether oxygens (including phenoxy) is 1. The van der Waals surface area contributed by atoms with E-state index in [4.69, 9.17) is 15.6 Å². The second-order valence-corrected chi connectivity index (χ2v) is 6.27. The highest BCUT2D eigenvalue weighted by molar-refractivity contribution is 7.99. The van der Waals surface area contributed by atoms with Gasteiger partial charge in [0.2, 0.25) is 0 Å². The van der Waals surface area contributed by atoms with E-state index < -0.39 is 30.5 Å². The third-order valence-corrected chi connectivity index (χ3v) is 4.73. The SMILES string of the molecule is CC[C@H]1O[C@@H](n2c(SCC(=O)O)nc3c(N)ncnc32)C(O)C1O. The molecule has 2 aromatic rings. The van der Waals surface area contributed by atoms with Crippen molar-refractivity contribution in [3.63, 3.8) is 0 Å². The number of nitrogens with two attached hydrogens (primary N) is 1. The lowest BCUT2D eigenvalue weighted by molar-refractivity contribution is -0.133. The van der Waals surface area contributed by atoms with E-state index in [9.17, 15) is 15.0 Å². The fourth-order valence-corrected chi connectivity index (χ4v) is 3.38. The van der Waals surface area contributed by atoms with Crippen LogP contribution in [0.2, 0.25) is 0 Å². The molecule has 3 rings (SSSR count). The first-order valence-corrected chi connectivity index (χ1v) is 8.27. The normalized spacial score (nSPS) is 27.0. The van der Waals surface area contributed by atoms with Gasteiger partial charge in [0.25, 0.3) is 0 Å². The molecule has 0 radical (unpaired) electrons. The van der Waals surface area contributed by atoms with Crippen molar-refractivity contribution < 1.29 is 24.9 Å². The molecule has 1 aliphatic rings. The predicted molar refractivity (Wildman–Crippen MR) is 84.3 cm³/mol. The first-order chi connectivity index (χ1) is 11.4. The number of aliphatic hydroxyl groups is 2. The van der Waals surface area contributed by atoms with Crippen LogP contribution in [0.3, 0.4) is 0 Å². The molecule has 0 spiro atoms. The van der Waals surface area contributed by atoms with Gasteiger partial charge in [-0.05, 0) is 6.42 Å². The van der Waals surface area contributed by atoms with Crippen molar-refractivity contribution >= 4 is 34.7 Å². The number of nitrogen functional groups attached to an aromatic ring is 1. The van der Waals surface area contributed by atoms with Gasteiger partial charge < -0.3 is 25.8 Å². The van der Waals surface area contributed by atoms with Gasteiger partial charge in [0.15, 0.2) is 28.4 Å². The molecular formula is C13H17N5O5S. The Morgan fingerprint density at radius 1 is 1.42 bits per heavy atom. The maximum absolute atomic E-state index is 10.9. The summed E-state index contributed by atoms with van der Waals surface area (Å²) in [6, 6.07) is 0. The summed E-state index contributed by atoms with van der Waals surface area (Å²) in [6.07, 6.45) is -1.99. The van der Waals surface area contributed by atoms with E-state index in [0.29, 0.717) is 12.1 Å². The van der Waals surface area contributed by atoms with Gasteiger partial charge in [-0.3, -0.25) is 9.36 Å². The summed E-state index contributed by atoms with van der Waals surface area (Å²) >= 11 is 0.945. The Kier molecular flexibility index (Phi) is 4.58. The van der Waals surface area contributed by atoms with Crippen molar-refractivity contribution in [1.82, 2.24) is 19.5 Å². The number of rotatable bonds is 5. The van der Waals surface area contributed by atoms with Gasteiger partial charge in [0, 0.05) is 0 Å². The number of nitrogens with zero attached hydrogens (tertiary/aromatic N) is 4. The van der Waals surface area contributed by atoms with Crippen molar-refractivity contribution in [3.8, 4) is 0 Å². The number of hydrogen-bond donors (Lipinski definition) is 4. The molecule has 5 N–H and O–H groups in total. The minimum atomic E-state index is -1.20. The van der Waals surface area contributed by atoms with Gasteiger partial charge in [-0.25, -0.2) is 15.0 Å². The molecule has 0 amide bonds. The molecule has 11 heteroatoms. The Balaban J connectivity index is 2.09. The Bertz CT molecular complexity index is 769. The summed E-state index contributed by atoms with van der Waals surface area (Å²) in [5.41, 5.74) is 6.40. The lowest BCUT2D eigenvalue weighted by Crippen LogP contribution is -2.31. The Hall–Kier alpha value is -1.95. The van der Waals surface area contributed by atoms with Crippen LogP contribution in [-0.2, 0) is 9.53 Å². The van der Waals surface area contributed by atoms with E-state index in [0.717, 1.165) is 11.8 Å². The van der Waals surface area contributed by atoms with Crippen LogP contribution < -0.4 is 5.73 Å². The minimum Gasteiger partial charge on any atom is -0.481 e. The molecule has 2 unspecified atom stereocenters. The van der Waals surface area contributed by atoms with E-state index >= 15 is 0 Å². The van der Waals surface area contributed by atoms with E-state index in [2.05, 4.69) is 15.0 Å². The fraction of sp³-hybridized carbons (Fsp3) is 0.538. The number of anilines is 1. The maximum atomic E-state index is 10.9. The zero-order chi connectivity index (χ0) is 17.4. The Labute approximate surface area is 140 Å². The monoisotopic (exact) mass is 355 g/mol. The molecule has 0 saturated carbocycles. The van der Waals surface area contributed by atoms with Crippen LogP contribution in [0.25, 0.3) is 11.2 Å². The van der Waals surface area contributed by atoms with Gasteiger partial charge in [-0.15, -0.1) is 0 Å². The van der Waals surface area contributed by atoms with Crippen LogP contribution in [0.4, 0.5) is 5.82 Å². The van der Waals surface area contributed by atoms with Crippen molar-refractivity contribution in [1.29, 1.82) is 0 Å². The van der Waals surface area contributed by atoms with Crippen molar-refractivity contribution in [3.05, 3.63) is 6.33 Å². The molecule has 2 aromatic heterocycles. The lowest BCUT2D eigenvalue weighted by Gasteiger charge is -2.18. The summed E-state index contributed by atoms with van der Waals surface area (Å²) < 4.78 is 7.20. The molecule has 3 heterocycles. The van der Waals surface area contributed by atoms with Gasteiger partial charge in [-0.1, -0.05) is 18.7 Å². The molecule has 1 saturated heterocycles. The second kappa shape index (κ2) is 6.51. The fourth-order valence-electron chi connectivity index (χ4n) is 2.64. The Morgan fingerprint density at radius 3 is 2.79 bits per heavy atom. The number of thioether (sulfide) groups is 1. The average Bonchev–Trinajstić information content (AvgIpc) is 3.05. The lowest BCUT2D eigenvalue weighted by atomic mass is 10.1. The summed E-state index contributed by atoms with van der Waals surface area (Å²) in [5.74, 6) is -1.12. The van der Waals surface area contributed by atoms with Crippen molar-refractivity contribution in [2.24, 2.45) is 0 Å². The summed E-state index contributed by atoms with van der Waals surface area (Å²) in [7, 11) is 0. The molecule has 1 aliphatic heterocycles. The van der Waals surface area contributed by atoms with Crippen LogP contribution in [-0.4, -0.2) is 64.9 Å². The molecule has 10 nitrogen and oxygen atoms in total. The van der Waals surface area contributed by atoms with Gasteiger partial charge in [-0.2, -0.15) is 0 Å². The molecular weight excluding hydrogens is 338 g/mol. The van der Waals surface area contributed by atoms with Crippen molar-refractivity contribution in [2.45, 2.75) is 43.0 Å². The Morgan fingerprint density at radius 2 is 2.17 bits per heavy atom.